The van der Waals surface area contributed by atoms with Crippen LogP contribution in [0.1, 0.15) is 55.8 Å². The van der Waals surface area contributed by atoms with Crippen molar-refractivity contribution in [1.82, 2.24) is 4.90 Å². The van der Waals surface area contributed by atoms with Crippen molar-refractivity contribution in [1.29, 1.82) is 0 Å². The van der Waals surface area contributed by atoms with Crippen molar-refractivity contribution < 1.29 is 9.59 Å². The molecule has 1 aliphatic heterocycles. The molecule has 0 spiro atoms. The van der Waals surface area contributed by atoms with E-state index in [0.717, 1.165) is 23.2 Å². The van der Waals surface area contributed by atoms with Crippen molar-refractivity contribution in [2.45, 2.75) is 45.6 Å². The van der Waals surface area contributed by atoms with Gasteiger partial charge in [0, 0.05) is 19.2 Å². The number of amides is 2. The molecule has 0 aliphatic carbocycles. The molecular formula is C22H26N2O2. The highest BCUT2D eigenvalue weighted by atomic mass is 16.2. The van der Waals surface area contributed by atoms with Gasteiger partial charge in [-0.15, -0.1) is 0 Å². The molecule has 2 aromatic rings. The minimum atomic E-state index is -0.205. The largest absolute Gasteiger partial charge is 0.335 e. The lowest BCUT2D eigenvalue weighted by atomic mass is 9.90. The van der Waals surface area contributed by atoms with Gasteiger partial charge >= 0.3 is 0 Å². The third-order valence-electron chi connectivity index (χ3n) is 5.05. The van der Waals surface area contributed by atoms with Crippen LogP contribution in [0.5, 0.6) is 0 Å². The molecule has 136 valence electrons. The van der Waals surface area contributed by atoms with E-state index < -0.39 is 0 Å². The number of nitrogens with zero attached hydrogens (tertiary/aromatic N) is 1. The maximum atomic E-state index is 12.8. The molecule has 3 rings (SSSR count). The van der Waals surface area contributed by atoms with Crippen LogP contribution in [0.4, 0.5) is 5.69 Å². The summed E-state index contributed by atoms with van der Waals surface area (Å²) in [6, 6.07) is 15.8. The van der Waals surface area contributed by atoms with Crippen molar-refractivity contribution in [3.05, 3.63) is 65.2 Å². The second-order valence-electron chi connectivity index (χ2n) is 7.17. The van der Waals surface area contributed by atoms with Crippen LogP contribution in [0.2, 0.25) is 0 Å². The number of hydrogen-bond donors (Lipinski definition) is 1. The standard InChI is InChI=1S/C22H26N2O2/c1-15(2)18-9-6-7-11-20(18)23-22(26)14-21-19-10-5-4-8-17(19)12-13-24(21)16(3)25/h4-11,15,21H,12-14H2,1-3H3,(H,23,26). The van der Waals surface area contributed by atoms with E-state index in [1.54, 1.807) is 6.92 Å². The number of rotatable bonds is 4. The summed E-state index contributed by atoms with van der Waals surface area (Å²) in [7, 11) is 0. The minimum absolute atomic E-state index is 0.0138. The molecule has 1 aliphatic rings. The zero-order valence-electron chi connectivity index (χ0n) is 15.7. The Morgan fingerprint density at radius 3 is 2.54 bits per heavy atom. The normalized spacial score (nSPS) is 16.3. The van der Waals surface area contributed by atoms with Crippen LogP contribution >= 0.6 is 0 Å². The number of fused-ring (bicyclic) bond motifs is 1. The Labute approximate surface area is 155 Å². The second kappa shape index (κ2) is 7.73. The quantitative estimate of drug-likeness (QED) is 0.894. The van der Waals surface area contributed by atoms with Crippen LogP contribution in [-0.4, -0.2) is 23.3 Å². The molecule has 4 nitrogen and oxygen atoms in total. The van der Waals surface area contributed by atoms with E-state index in [0.29, 0.717) is 12.5 Å². The first-order chi connectivity index (χ1) is 12.5. The molecular weight excluding hydrogens is 324 g/mol. The third kappa shape index (κ3) is 3.79. The van der Waals surface area contributed by atoms with Gasteiger partial charge in [-0.1, -0.05) is 56.3 Å². The lowest BCUT2D eigenvalue weighted by Crippen LogP contribution is -2.40. The zero-order chi connectivity index (χ0) is 18.7. The molecule has 26 heavy (non-hydrogen) atoms. The van der Waals surface area contributed by atoms with E-state index in [-0.39, 0.29) is 24.3 Å². The fourth-order valence-corrected chi connectivity index (χ4v) is 3.74. The predicted octanol–water partition coefficient (Wildman–Crippen LogP) is 4.28. The van der Waals surface area contributed by atoms with Gasteiger partial charge in [0.2, 0.25) is 11.8 Å². The van der Waals surface area contributed by atoms with Crippen LogP contribution in [0, 0.1) is 0 Å². The van der Waals surface area contributed by atoms with Crippen molar-refractivity contribution >= 4 is 17.5 Å². The third-order valence-corrected chi connectivity index (χ3v) is 5.05. The molecule has 0 bridgehead atoms. The molecule has 0 aromatic heterocycles. The Kier molecular flexibility index (Phi) is 5.40. The molecule has 0 saturated carbocycles. The summed E-state index contributed by atoms with van der Waals surface area (Å²) in [6.45, 7) is 6.46. The summed E-state index contributed by atoms with van der Waals surface area (Å²) in [5, 5.41) is 3.05. The molecule has 0 fully saturated rings. The maximum Gasteiger partial charge on any atom is 0.226 e. The lowest BCUT2D eigenvalue weighted by Gasteiger charge is -2.36. The minimum Gasteiger partial charge on any atom is -0.335 e. The van der Waals surface area contributed by atoms with Gasteiger partial charge in [-0.05, 0) is 35.1 Å². The summed E-state index contributed by atoms with van der Waals surface area (Å²) in [5.41, 5.74) is 4.28. The maximum absolute atomic E-state index is 12.8. The summed E-state index contributed by atoms with van der Waals surface area (Å²) in [5.74, 6) is 0.279. The van der Waals surface area contributed by atoms with Crippen molar-refractivity contribution in [2.24, 2.45) is 0 Å². The Balaban J connectivity index is 1.82. The highest BCUT2D eigenvalue weighted by Crippen LogP contribution is 2.33. The van der Waals surface area contributed by atoms with E-state index in [4.69, 9.17) is 0 Å². The van der Waals surface area contributed by atoms with E-state index >= 15 is 0 Å². The number of hydrogen-bond acceptors (Lipinski definition) is 2. The van der Waals surface area contributed by atoms with E-state index in [2.05, 4.69) is 25.2 Å². The number of anilines is 1. The van der Waals surface area contributed by atoms with E-state index in [9.17, 15) is 9.59 Å². The predicted molar refractivity (Wildman–Crippen MR) is 104 cm³/mol. The van der Waals surface area contributed by atoms with Gasteiger partial charge in [-0.2, -0.15) is 0 Å². The zero-order valence-corrected chi connectivity index (χ0v) is 15.7. The first-order valence-corrected chi connectivity index (χ1v) is 9.21. The van der Waals surface area contributed by atoms with Crippen molar-refractivity contribution in [2.75, 3.05) is 11.9 Å². The SMILES string of the molecule is CC(=O)N1CCc2ccccc2C1CC(=O)Nc1ccccc1C(C)C. The van der Waals surface area contributed by atoms with Gasteiger partial charge < -0.3 is 10.2 Å². The Morgan fingerprint density at radius 2 is 1.81 bits per heavy atom. The average molecular weight is 350 g/mol. The van der Waals surface area contributed by atoms with Gasteiger partial charge in [-0.25, -0.2) is 0 Å². The van der Waals surface area contributed by atoms with Gasteiger partial charge in [0.05, 0.1) is 12.5 Å². The van der Waals surface area contributed by atoms with E-state index in [1.807, 2.05) is 47.4 Å². The van der Waals surface area contributed by atoms with E-state index in [1.165, 1.54) is 5.56 Å². The van der Waals surface area contributed by atoms with Crippen LogP contribution in [-0.2, 0) is 16.0 Å². The smallest absolute Gasteiger partial charge is 0.226 e. The van der Waals surface area contributed by atoms with Gasteiger partial charge in [0.1, 0.15) is 0 Å². The Morgan fingerprint density at radius 1 is 1.12 bits per heavy atom. The summed E-state index contributed by atoms with van der Waals surface area (Å²) in [4.78, 5) is 26.7. The second-order valence-corrected chi connectivity index (χ2v) is 7.17. The monoisotopic (exact) mass is 350 g/mol. The molecule has 0 radical (unpaired) electrons. The molecule has 4 heteroatoms. The summed E-state index contributed by atoms with van der Waals surface area (Å²) < 4.78 is 0. The van der Waals surface area contributed by atoms with Crippen molar-refractivity contribution in [3.8, 4) is 0 Å². The van der Waals surface area contributed by atoms with Crippen LogP contribution < -0.4 is 5.32 Å². The number of carbonyl (C=O) groups excluding carboxylic acids is 2. The molecule has 1 N–H and O–H groups in total. The summed E-state index contributed by atoms with van der Waals surface area (Å²) >= 11 is 0. The average Bonchev–Trinajstić information content (AvgIpc) is 2.62. The van der Waals surface area contributed by atoms with Crippen LogP contribution in [0.15, 0.2) is 48.5 Å². The number of para-hydroxylation sites is 1. The topological polar surface area (TPSA) is 49.4 Å². The number of benzene rings is 2. The molecule has 1 atom stereocenters. The lowest BCUT2D eigenvalue weighted by molar-refractivity contribution is -0.132. The fourth-order valence-electron chi connectivity index (χ4n) is 3.74. The van der Waals surface area contributed by atoms with Gasteiger partial charge in [-0.3, -0.25) is 9.59 Å². The van der Waals surface area contributed by atoms with Gasteiger partial charge in [0.15, 0.2) is 0 Å². The molecule has 2 aromatic carbocycles. The first kappa shape index (κ1) is 18.2. The first-order valence-electron chi connectivity index (χ1n) is 9.21. The molecule has 0 saturated heterocycles. The van der Waals surface area contributed by atoms with Crippen LogP contribution in [0.25, 0.3) is 0 Å². The Hall–Kier alpha value is -2.62. The molecule has 1 unspecified atom stereocenters. The van der Waals surface area contributed by atoms with Crippen molar-refractivity contribution in [3.63, 3.8) is 0 Å². The summed E-state index contributed by atoms with van der Waals surface area (Å²) in [6.07, 6.45) is 1.10. The molecule has 1 heterocycles. The number of carbonyl (C=O) groups is 2. The number of nitrogens with one attached hydrogen (secondary N) is 1. The fraction of sp³-hybridized carbons (Fsp3) is 0.364. The van der Waals surface area contributed by atoms with Gasteiger partial charge in [0.25, 0.3) is 0 Å². The molecule has 2 amide bonds. The van der Waals surface area contributed by atoms with Crippen LogP contribution in [0.3, 0.4) is 0 Å². The highest BCUT2D eigenvalue weighted by molar-refractivity contribution is 5.92. The highest BCUT2D eigenvalue weighted by Gasteiger charge is 2.30. The Bertz CT molecular complexity index is 813.